The molecule has 0 bridgehead atoms. The van der Waals surface area contributed by atoms with Crippen molar-refractivity contribution in [3.05, 3.63) is 30.1 Å². The highest BCUT2D eigenvalue weighted by atomic mass is 35.5. The molecule has 0 fully saturated rings. The molecule has 0 aromatic carbocycles. The molecule has 1 aromatic rings. The predicted molar refractivity (Wildman–Crippen MR) is 40.0 cm³/mol. The highest BCUT2D eigenvalue weighted by Gasteiger charge is 1.94. The maximum absolute atomic E-state index is 10.4. The molecule has 0 aliphatic carbocycles. The van der Waals surface area contributed by atoms with Crippen LogP contribution in [0.2, 0.25) is 0 Å². The maximum atomic E-state index is 10.4. The second-order valence-electron chi connectivity index (χ2n) is 1.60. The number of hydrogen-bond donors (Lipinski definition) is 1. The number of carbonyl (C=O) groups excluding carboxylic acids is 1. The number of carbonyl (C=O) groups is 1. The fourth-order valence-corrected chi connectivity index (χ4v) is 0.516. The van der Waals surface area contributed by atoms with Crippen molar-refractivity contribution in [1.29, 1.82) is 0 Å². The van der Waals surface area contributed by atoms with E-state index in [9.17, 15) is 4.79 Å². The van der Waals surface area contributed by atoms with Crippen LogP contribution in [0.5, 0.6) is 0 Å². The van der Waals surface area contributed by atoms with E-state index in [-0.39, 0.29) is 12.4 Å². The third kappa shape index (κ3) is 2.03. The Bertz CT molecular complexity index is 212. The fraction of sp³-hybridized carbons (Fsp3) is 0. The van der Waals surface area contributed by atoms with Crippen LogP contribution in [0, 0.1) is 0 Å². The van der Waals surface area contributed by atoms with Gasteiger partial charge in [-0.15, -0.1) is 12.4 Å². The first-order chi connectivity index (χ1) is 4.30. The number of aromatic nitrogens is 1. The van der Waals surface area contributed by atoms with Crippen LogP contribution in [0.4, 0.5) is 0 Å². The Hall–Kier alpha value is -1.09. The zero-order valence-corrected chi connectivity index (χ0v) is 5.97. The fourth-order valence-electron chi connectivity index (χ4n) is 0.516. The zero-order chi connectivity index (χ0) is 6.69. The third-order valence-corrected chi connectivity index (χ3v) is 0.965. The van der Waals surface area contributed by atoms with Gasteiger partial charge in [0.05, 0.1) is 0 Å². The van der Waals surface area contributed by atoms with Crippen molar-refractivity contribution < 1.29 is 4.79 Å². The number of amides is 1. The summed E-state index contributed by atoms with van der Waals surface area (Å²) in [4.78, 5) is 14.1. The van der Waals surface area contributed by atoms with E-state index in [0.717, 1.165) is 0 Å². The van der Waals surface area contributed by atoms with Gasteiger partial charge < -0.3 is 5.73 Å². The van der Waals surface area contributed by atoms with Gasteiger partial charge >= 0.3 is 0 Å². The molecule has 1 aromatic heterocycles. The number of hydrogen-bond acceptors (Lipinski definition) is 2. The Morgan fingerprint density at radius 3 is 2.20 bits per heavy atom. The summed E-state index contributed by atoms with van der Waals surface area (Å²) in [6, 6.07) is 3.14. The third-order valence-electron chi connectivity index (χ3n) is 0.965. The van der Waals surface area contributed by atoms with Crippen LogP contribution < -0.4 is 5.73 Å². The lowest BCUT2D eigenvalue weighted by molar-refractivity contribution is 0.1000. The summed E-state index contributed by atoms with van der Waals surface area (Å²) in [5.41, 5.74) is 5.44. The average molecular weight is 159 g/mol. The molecule has 0 saturated carbocycles. The van der Waals surface area contributed by atoms with Crippen molar-refractivity contribution in [3.8, 4) is 0 Å². The number of nitrogens with two attached hydrogens (primary N) is 1. The molecule has 4 heteroatoms. The summed E-state index contributed by atoms with van der Waals surface area (Å²) in [5.74, 6) is -0.419. The van der Waals surface area contributed by atoms with E-state index in [0.29, 0.717) is 5.56 Å². The summed E-state index contributed by atoms with van der Waals surface area (Å²) in [5, 5.41) is 0. The first-order valence-electron chi connectivity index (χ1n) is 2.50. The molecule has 1 rings (SSSR count). The first-order valence-corrected chi connectivity index (χ1v) is 2.50. The molecule has 0 radical (unpaired) electrons. The number of pyridine rings is 1. The standard InChI is InChI=1S/C6H6N2O.ClH/c7-6(9)5-1-3-8-4-2-5;/h1-4H,(H2,7,9);1H. The Labute approximate surface area is 64.7 Å². The maximum Gasteiger partial charge on any atom is 0.248 e. The molecule has 0 spiro atoms. The van der Waals surface area contributed by atoms with E-state index < -0.39 is 5.91 Å². The second kappa shape index (κ2) is 3.85. The molecule has 1 amide bonds. The first kappa shape index (κ1) is 8.91. The van der Waals surface area contributed by atoms with E-state index in [4.69, 9.17) is 5.73 Å². The molecular weight excluding hydrogens is 152 g/mol. The highest BCUT2D eigenvalue weighted by Crippen LogP contribution is 1.91. The van der Waals surface area contributed by atoms with Crippen molar-refractivity contribution in [2.75, 3.05) is 0 Å². The van der Waals surface area contributed by atoms with Crippen LogP contribution in [-0.4, -0.2) is 10.9 Å². The minimum Gasteiger partial charge on any atom is -0.366 e. The van der Waals surface area contributed by atoms with Gasteiger partial charge in [0, 0.05) is 18.0 Å². The molecular formula is C6H7ClN2O. The lowest BCUT2D eigenvalue weighted by Crippen LogP contribution is -2.10. The molecule has 1 heterocycles. The average Bonchev–Trinajstić information content (AvgIpc) is 1.90. The lowest BCUT2D eigenvalue weighted by Gasteiger charge is -1.88. The van der Waals surface area contributed by atoms with Crippen molar-refractivity contribution >= 4 is 18.3 Å². The summed E-state index contributed by atoms with van der Waals surface area (Å²) in [6.45, 7) is 0. The minimum absolute atomic E-state index is 0. The minimum atomic E-state index is -0.419. The molecule has 0 aliphatic heterocycles. The molecule has 0 atom stereocenters. The van der Waals surface area contributed by atoms with Crippen molar-refractivity contribution in [3.63, 3.8) is 0 Å². The normalized spacial score (nSPS) is 8.00. The van der Waals surface area contributed by atoms with Gasteiger partial charge in [-0.1, -0.05) is 0 Å². The Kier molecular flexibility index (Phi) is 3.43. The molecule has 0 aliphatic rings. The second-order valence-corrected chi connectivity index (χ2v) is 1.60. The van der Waals surface area contributed by atoms with Crippen molar-refractivity contribution in [2.24, 2.45) is 5.73 Å². The summed E-state index contributed by atoms with van der Waals surface area (Å²) in [7, 11) is 0. The Balaban J connectivity index is 0.000000810. The van der Waals surface area contributed by atoms with E-state index >= 15 is 0 Å². The summed E-state index contributed by atoms with van der Waals surface area (Å²) >= 11 is 0. The zero-order valence-electron chi connectivity index (χ0n) is 5.15. The number of nitrogens with zero attached hydrogens (tertiary/aromatic N) is 1. The van der Waals surface area contributed by atoms with E-state index in [1.54, 1.807) is 12.1 Å². The van der Waals surface area contributed by atoms with Crippen molar-refractivity contribution in [1.82, 2.24) is 4.98 Å². The molecule has 2 N–H and O–H groups in total. The number of halogens is 1. The van der Waals surface area contributed by atoms with Gasteiger partial charge in [0.2, 0.25) is 5.91 Å². The van der Waals surface area contributed by atoms with Crippen LogP contribution >= 0.6 is 12.4 Å². The Morgan fingerprint density at radius 2 is 1.90 bits per heavy atom. The predicted octanol–water partition coefficient (Wildman–Crippen LogP) is 0.602. The van der Waals surface area contributed by atoms with Crippen LogP contribution in [0.1, 0.15) is 10.4 Å². The van der Waals surface area contributed by atoms with Gasteiger partial charge in [-0.25, -0.2) is 0 Å². The smallest absolute Gasteiger partial charge is 0.248 e. The number of rotatable bonds is 1. The van der Waals surface area contributed by atoms with Gasteiger partial charge in [0.1, 0.15) is 0 Å². The number of primary amides is 1. The van der Waals surface area contributed by atoms with Gasteiger partial charge in [-0.05, 0) is 12.1 Å². The van der Waals surface area contributed by atoms with E-state index in [1.165, 1.54) is 12.4 Å². The quantitative estimate of drug-likeness (QED) is 0.651. The summed E-state index contributed by atoms with van der Waals surface area (Å²) in [6.07, 6.45) is 3.06. The van der Waals surface area contributed by atoms with Crippen LogP contribution in [0.3, 0.4) is 0 Å². The Morgan fingerprint density at radius 1 is 1.40 bits per heavy atom. The lowest BCUT2D eigenvalue weighted by atomic mass is 10.3. The van der Waals surface area contributed by atoms with Gasteiger partial charge in [-0.2, -0.15) is 0 Å². The van der Waals surface area contributed by atoms with Gasteiger partial charge in [0.15, 0.2) is 0 Å². The molecule has 10 heavy (non-hydrogen) atoms. The van der Waals surface area contributed by atoms with E-state index in [2.05, 4.69) is 4.98 Å². The molecule has 0 saturated heterocycles. The van der Waals surface area contributed by atoms with Crippen LogP contribution in [0.15, 0.2) is 24.5 Å². The van der Waals surface area contributed by atoms with E-state index in [1.807, 2.05) is 0 Å². The van der Waals surface area contributed by atoms with Gasteiger partial charge in [0.25, 0.3) is 0 Å². The molecule has 3 nitrogen and oxygen atoms in total. The highest BCUT2D eigenvalue weighted by molar-refractivity contribution is 5.92. The largest absolute Gasteiger partial charge is 0.366 e. The van der Waals surface area contributed by atoms with Gasteiger partial charge in [-0.3, -0.25) is 9.78 Å². The summed E-state index contributed by atoms with van der Waals surface area (Å²) < 4.78 is 0. The molecule has 0 unspecified atom stereocenters. The monoisotopic (exact) mass is 158 g/mol. The van der Waals surface area contributed by atoms with Crippen LogP contribution in [-0.2, 0) is 0 Å². The molecule has 54 valence electrons. The van der Waals surface area contributed by atoms with Crippen LogP contribution in [0.25, 0.3) is 0 Å². The SMILES string of the molecule is Cl.NC(=O)c1ccncc1. The van der Waals surface area contributed by atoms with Crippen molar-refractivity contribution in [2.45, 2.75) is 0 Å². The topological polar surface area (TPSA) is 56.0 Å².